The van der Waals surface area contributed by atoms with Crippen LogP contribution in [0.4, 0.5) is 0 Å². The maximum atomic E-state index is 9.40. The molecule has 0 fully saturated rings. The van der Waals surface area contributed by atoms with Crippen molar-refractivity contribution in [3.63, 3.8) is 0 Å². The van der Waals surface area contributed by atoms with Crippen molar-refractivity contribution >= 4 is 6.41 Å². The number of hydrogen-bond donors (Lipinski definition) is 2. The van der Waals surface area contributed by atoms with E-state index in [1.165, 1.54) is 0 Å². The van der Waals surface area contributed by atoms with E-state index in [9.17, 15) is 4.79 Å². The monoisotopic (exact) mass is 88.1 g/mol. The van der Waals surface area contributed by atoms with Gasteiger partial charge in [0.2, 0.25) is 6.41 Å². The molecule has 0 aromatic carbocycles. The van der Waals surface area contributed by atoms with E-state index >= 15 is 0 Å². The first-order chi connectivity index (χ1) is 2.91. The van der Waals surface area contributed by atoms with Crippen LogP contribution >= 0.6 is 0 Å². The van der Waals surface area contributed by atoms with Crippen LogP contribution in [0.25, 0.3) is 0 Å². The SMILES string of the molecule is NCCNC=O. The van der Waals surface area contributed by atoms with Crippen LogP contribution < -0.4 is 11.1 Å². The van der Waals surface area contributed by atoms with Gasteiger partial charge in [0.25, 0.3) is 0 Å². The summed E-state index contributed by atoms with van der Waals surface area (Å²) >= 11 is 0. The molecule has 3 nitrogen and oxygen atoms in total. The van der Waals surface area contributed by atoms with Crippen LogP contribution in [0.15, 0.2) is 0 Å². The summed E-state index contributed by atoms with van der Waals surface area (Å²) in [7, 11) is 0. The van der Waals surface area contributed by atoms with Gasteiger partial charge in [0.15, 0.2) is 0 Å². The van der Waals surface area contributed by atoms with Crippen LogP contribution in [0, 0.1) is 0 Å². The van der Waals surface area contributed by atoms with E-state index in [-0.39, 0.29) is 0 Å². The molecule has 1 amide bonds. The number of carbonyl (C=O) groups excluding carboxylic acids is 1. The molecule has 0 saturated heterocycles. The molecule has 0 spiro atoms. The summed E-state index contributed by atoms with van der Waals surface area (Å²) in [5.74, 6) is 0. The largest absolute Gasteiger partial charge is 0.357 e. The lowest BCUT2D eigenvalue weighted by Gasteiger charge is -1.86. The molecule has 0 aromatic heterocycles. The fourth-order valence-electron chi connectivity index (χ4n) is 0.142. The summed E-state index contributed by atoms with van der Waals surface area (Å²) in [4.78, 5) is 9.40. The highest BCUT2D eigenvalue weighted by atomic mass is 16.1. The molecule has 0 bridgehead atoms. The van der Waals surface area contributed by atoms with Crippen molar-refractivity contribution < 1.29 is 4.79 Å². The Morgan fingerprint density at radius 3 is 2.67 bits per heavy atom. The minimum Gasteiger partial charge on any atom is -0.357 e. The van der Waals surface area contributed by atoms with Gasteiger partial charge in [-0.15, -0.1) is 0 Å². The summed E-state index contributed by atoms with van der Waals surface area (Å²) in [6, 6.07) is 0. The molecular formula is C3H8N2O. The van der Waals surface area contributed by atoms with E-state index in [2.05, 4.69) is 5.32 Å². The van der Waals surface area contributed by atoms with Gasteiger partial charge in [0.05, 0.1) is 0 Å². The Labute approximate surface area is 36.5 Å². The third-order valence-corrected chi connectivity index (χ3v) is 0.372. The highest BCUT2D eigenvalue weighted by Crippen LogP contribution is 1.39. The lowest BCUT2D eigenvalue weighted by atomic mass is 10.7. The van der Waals surface area contributed by atoms with E-state index < -0.39 is 0 Å². The van der Waals surface area contributed by atoms with E-state index in [4.69, 9.17) is 5.73 Å². The van der Waals surface area contributed by atoms with Crippen molar-refractivity contribution in [2.24, 2.45) is 5.73 Å². The summed E-state index contributed by atoms with van der Waals surface area (Å²) in [5, 5.41) is 2.39. The second kappa shape index (κ2) is 4.43. The number of hydrogen-bond acceptors (Lipinski definition) is 2. The van der Waals surface area contributed by atoms with Crippen LogP contribution in [-0.2, 0) is 4.79 Å². The maximum Gasteiger partial charge on any atom is 0.207 e. The quantitative estimate of drug-likeness (QED) is 0.332. The second-order valence-corrected chi connectivity index (χ2v) is 0.861. The van der Waals surface area contributed by atoms with Crippen molar-refractivity contribution in [1.82, 2.24) is 5.32 Å². The van der Waals surface area contributed by atoms with Crippen LogP contribution in [0.5, 0.6) is 0 Å². The normalized spacial score (nSPS) is 7.50. The van der Waals surface area contributed by atoms with Gasteiger partial charge in [-0.1, -0.05) is 0 Å². The van der Waals surface area contributed by atoms with Crippen molar-refractivity contribution in [2.45, 2.75) is 0 Å². The zero-order valence-electron chi connectivity index (χ0n) is 3.48. The molecule has 36 valence electrons. The fraction of sp³-hybridized carbons (Fsp3) is 0.667. The lowest BCUT2D eigenvalue weighted by Crippen LogP contribution is -2.20. The van der Waals surface area contributed by atoms with Gasteiger partial charge >= 0.3 is 0 Å². The number of nitrogens with two attached hydrogens (primary N) is 1. The van der Waals surface area contributed by atoms with Crippen molar-refractivity contribution in [3.8, 4) is 0 Å². The molecule has 0 aliphatic carbocycles. The minimum atomic E-state index is 0.513. The summed E-state index contributed by atoms with van der Waals surface area (Å²) in [5.41, 5.74) is 4.99. The smallest absolute Gasteiger partial charge is 0.207 e. The maximum absolute atomic E-state index is 9.40. The van der Waals surface area contributed by atoms with Gasteiger partial charge in [0.1, 0.15) is 0 Å². The van der Waals surface area contributed by atoms with Gasteiger partial charge in [-0.2, -0.15) is 0 Å². The average molecular weight is 88.1 g/mol. The van der Waals surface area contributed by atoms with Crippen molar-refractivity contribution in [3.05, 3.63) is 0 Å². The van der Waals surface area contributed by atoms with Gasteiger partial charge in [-0.25, -0.2) is 0 Å². The second-order valence-electron chi connectivity index (χ2n) is 0.861. The van der Waals surface area contributed by atoms with Crippen LogP contribution in [0.2, 0.25) is 0 Å². The molecule has 3 N–H and O–H groups in total. The number of nitrogens with one attached hydrogen (secondary N) is 1. The molecule has 0 radical (unpaired) electrons. The van der Waals surface area contributed by atoms with Gasteiger partial charge < -0.3 is 11.1 Å². The summed E-state index contributed by atoms with van der Waals surface area (Å²) in [6.07, 6.45) is 0.632. The lowest BCUT2D eigenvalue weighted by molar-refractivity contribution is -0.109. The van der Waals surface area contributed by atoms with Gasteiger partial charge in [-0.05, 0) is 0 Å². The topological polar surface area (TPSA) is 55.1 Å². The summed E-state index contributed by atoms with van der Waals surface area (Å²) in [6.45, 7) is 1.09. The molecule has 0 aliphatic rings. The van der Waals surface area contributed by atoms with E-state index in [0.717, 1.165) is 0 Å². The first-order valence-corrected chi connectivity index (χ1v) is 1.79. The van der Waals surface area contributed by atoms with Crippen molar-refractivity contribution in [1.29, 1.82) is 0 Å². The first-order valence-electron chi connectivity index (χ1n) is 1.79. The first kappa shape index (κ1) is 5.43. The molecule has 0 heterocycles. The Kier molecular flexibility index (Phi) is 4.01. The van der Waals surface area contributed by atoms with Crippen LogP contribution in [0.1, 0.15) is 0 Å². The number of rotatable bonds is 3. The Hall–Kier alpha value is -0.570. The molecule has 0 aromatic rings. The Morgan fingerprint density at radius 2 is 2.50 bits per heavy atom. The van der Waals surface area contributed by atoms with Crippen molar-refractivity contribution in [2.75, 3.05) is 13.1 Å². The molecule has 0 aliphatic heterocycles. The Morgan fingerprint density at radius 1 is 1.83 bits per heavy atom. The van der Waals surface area contributed by atoms with E-state index in [1.54, 1.807) is 0 Å². The Balaban J connectivity index is 2.49. The minimum absolute atomic E-state index is 0.513. The van der Waals surface area contributed by atoms with E-state index in [0.29, 0.717) is 19.5 Å². The predicted octanol–water partition coefficient (Wildman–Crippen LogP) is -1.31. The zero-order chi connectivity index (χ0) is 4.83. The third-order valence-electron chi connectivity index (χ3n) is 0.372. The Bertz CT molecular complexity index is 37.8. The fourth-order valence-corrected chi connectivity index (χ4v) is 0.142. The summed E-state index contributed by atoms with van der Waals surface area (Å²) < 4.78 is 0. The number of carbonyl (C=O) groups is 1. The van der Waals surface area contributed by atoms with Gasteiger partial charge in [-0.3, -0.25) is 4.79 Å². The van der Waals surface area contributed by atoms with Gasteiger partial charge in [0, 0.05) is 13.1 Å². The molecule has 6 heavy (non-hydrogen) atoms. The standard InChI is InChI=1S/C3H8N2O/c4-1-2-5-3-6/h3H,1-2,4H2,(H,5,6). The third kappa shape index (κ3) is 3.43. The molecule has 3 heteroatoms. The molecule has 0 rings (SSSR count). The zero-order valence-corrected chi connectivity index (χ0v) is 3.48. The molecule has 0 atom stereocenters. The van der Waals surface area contributed by atoms with Crippen LogP contribution in [0.3, 0.4) is 0 Å². The predicted molar refractivity (Wildman–Crippen MR) is 23.1 cm³/mol. The van der Waals surface area contributed by atoms with Crippen LogP contribution in [-0.4, -0.2) is 19.5 Å². The molecule has 0 unspecified atom stereocenters. The highest BCUT2D eigenvalue weighted by molar-refractivity contribution is 5.45. The highest BCUT2D eigenvalue weighted by Gasteiger charge is 1.69. The average Bonchev–Trinajstić information content (AvgIpc) is 1.61. The number of amides is 1. The van der Waals surface area contributed by atoms with E-state index in [1.807, 2.05) is 0 Å². The molecular weight excluding hydrogens is 80.0 g/mol. The molecule has 0 saturated carbocycles.